The number of ether oxygens (including phenoxy) is 2. The zero-order chi connectivity index (χ0) is 14.4. The Morgan fingerprint density at radius 1 is 1.15 bits per heavy atom. The second kappa shape index (κ2) is 6.91. The molecule has 0 saturated heterocycles. The maximum Gasteiger partial charge on any atom is 0.166 e. The Morgan fingerprint density at radius 2 is 1.95 bits per heavy atom. The van der Waals surface area contributed by atoms with E-state index < -0.39 is 0 Å². The van der Waals surface area contributed by atoms with E-state index in [-0.39, 0.29) is 5.82 Å². The van der Waals surface area contributed by atoms with Crippen molar-refractivity contribution in [3.8, 4) is 11.5 Å². The minimum Gasteiger partial charge on any atom is -0.493 e. The number of nitrogens with one attached hydrogen (secondary N) is 1. The van der Waals surface area contributed by atoms with Gasteiger partial charge in [0.25, 0.3) is 0 Å². The molecule has 0 saturated carbocycles. The molecule has 0 aromatic heterocycles. The van der Waals surface area contributed by atoms with Crippen molar-refractivity contribution in [3.63, 3.8) is 0 Å². The van der Waals surface area contributed by atoms with Gasteiger partial charge in [0.05, 0.1) is 7.11 Å². The zero-order valence-corrected chi connectivity index (χ0v) is 11.7. The highest BCUT2D eigenvalue weighted by molar-refractivity contribution is 5.46. The number of methoxy groups -OCH3 is 1. The van der Waals surface area contributed by atoms with E-state index in [4.69, 9.17) is 9.47 Å². The summed E-state index contributed by atoms with van der Waals surface area (Å²) in [5, 5.41) is 3.09. The van der Waals surface area contributed by atoms with E-state index in [0.29, 0.717) is 24.7 Å². The molecular weight excluding hydrogens is 257 g/mol. The monoisotopic (exact) mass is 275 g/mol. The molecule has 0 bridgehead atoms. The second-order valence-electron chi connectivity index (χ2n) is 4.40. The molecule has 0 spiro atoms. The van der Waals surface area contributed by atoms with Crippen LogP contribution in [-0.2, 0) is 13.2 Å². The number of benzene rings is 2. The Balaban J connectivity index is 2.19. The van der Waals surface area contributed by atoms with Crippen molar-refractivity contribution in [1.82, 2.24) is 5.32 Å². The van der Waals surface area contributed by atoms with E-state index in [1.807, 2.05) is 31.3 Å². The molecule has 2 rings (SSSR count). The van der Waals surface area contributed by atoms with Gasteiger partial charge in [0.15, 0.2) is 11.5 Å². The van der Waals surface area contributed by atoms with Gasteiger partial charge in [-0.15, -0.1) is 0 Å². The first-order chi connectivity index (χ1) is 9.74. The number of halogens is 1. The predicted octanol–water partition coefficient (Wildman–Crippen LogP) is 3.13. The lowest BCUT2D eigenvalue weighted by atomic mass is 10.1. The molecule has 0 radical (unpaired) electrons. The first-order valence-electron chi connectivity index (χ1n) is 6.42. The van der Waals surface area contributed by atoms with Crippen LogP contribution in [-0.4, -0.2) is 14.2 Å². The van der Waals surface area contributed by atoms with Gasteiger partial charge < -0.3 is 14.8 Å². The van der Waals surface area contributed by atoms with Crippen LogP contribution in [0.1, 0.15) is 11.1 Å². The summed E-state index contributed by atoms with van der Waals surface area (Å²) in [5.41, 5.74) is 1.79. The Morgan fingerprint density at radius 3 is 2.65 bits per heavy atom. The first kappa shape index (κ1) is 14.3. The molecule has 1 N–H and O–H groups in total. The van der Waals surface area contributed by atoms with Gasteiger partial charge in [0.2, 0.25) is 0 Å². The molecule has 0 atom stereocenters. The van der Waals surface area contributed by atoms with Crippen LogP contribution in [0, 0.1) is 5.82 Å². The lowest BCUT2D eigenvalue weighted by Gasteiger charge is -2.15. The quantitative estimate of drug-likeness (QED) is 0.878. The van der Waals surface area contributed by atoms with Crippen LogP contribution in [0.15, 0.2) is 42.5 Å². The lowest BCUT2D eigenvalue weighted by Crippen LogP contribution is -2.08. The molecular formula is C16H18FNO2. The Bertz CT molecular complexity index is 572. The minimum atomic E-state index is -0.262. The van der Waals surface area contributed by atoms with Gasteiger partial charge in [0.1, 0.15) is 12.4 Å². The molecule has 3 nitrogen and oxygen atoms in total. The van der Waals surface area contributed by atoms with E-state index in [1.54, 1.807) is 13.2 Å². The number of hydrogen-bond acceptors (Lipinski definition) is 3. The number of hydrogen-bond donors (Lipinski definition) is 1. The normalized spacial score (nSPS) is 10.3. The molecule has 0 aliphatic heterocycles. The molecule has 4 heteroatoms. The lowest BCUT2D eigenvalue weighted by molar-refractivity contribution is 0.280. The van der Waals surface area contributed by atoms with Crippen molar-refractivity contribution in [1.29, 1.82) is 0 Å². The Labute approximate surface area is 118 Å². The summed E-state index contributed by atoms with van der Waals surface area (Å²) >= 11 is 0. The topological polar surface area (TPSA) is 30.5 Å². The molecule has 2 aromatic carbocycles. The number of para-hydroxylation sites is 1. The van der Waals surface area contributed by atoms with Gasteiger partial charge in [-0.2, -0.15) is 0 Å². The van der Waals surface area contributed by atoms with Gasteiger partial charge in [0, 0.05) is 12.1 Å². The molecule has 106 valence electrons. The van der Waals surface area contributed by atoms with Crippen molar-refractivity contribution in [3.05, 3.63) is 59.4 Å². The fraction of sp³-hybridized carbons (Fsp3) is 0.250. The molecule has 0 aliphatic rings. The smallest absolute Gasteiger partial charge is 0.166 e. The second-order valence-corrected chi connectivity index (χ2v) is 4.40. The highest BCUT2D eigenvalue weighted by Gasteiger charge is 2.10. The first-order valence-corrected chi connectivity index (χ1v) is 6.42. The summed E-state index contributed by atoms with van der Waals surface area (Å²) in [6.45, 7) is 0.977. The van der Waals surface area contributed by atoms with Gasteiger partial charge in [-0.1, -0.05) is 24.3 Å². The molecule has 0 amide bonds. The third-order valence-electron chi connectivity index (χ3n) is 2.92. The molecule has 0 unspecified atom stereocenters. The van der Waals surface area contributed by atoms with E-state index in [1.165, 1.54) is 12.1 Å². The summed E-state index contributed by atoms with van der Waals surface area (Å²) < 4.78 is 24.3. The highest BCUT2D eigenvalue weighted by atomic mass is 19.1. The minimum absolute atomic E-state index is 0.262. The Kier molecular flexibility index (Phi) is 4.96. The van der Waals surface area contributed by atoms with Crippen molar-refractivity contribution < 1.29 is 13.9 Å². The summed E-state index contributed by atoms with van der Waals surface area (Å²) in [6, 6.07) is 12.1. The zero-order valence-electron chi connectivity index (χ0n) is 11.7. The number of rotatable bonds is 6. The van der Waals surface area contributed by atoms with Gasteiger partial charge >= 0.3 is 0 Å². The summed E-state index contributed by atoms with van der Waals surface area (Å²) in [6.07, 6.45) is 0. The average Bonchev–Trinajstić information content (AvgIpc) is 2.46. The van der Waals surface area contributed by atoms with Crippen LogP contribution in [0.3, 0.4) is 0 Å². The van der Waals surface area contributed by atoms with Crippen molar-refractivity contribution >= 4 is 0 Å². The average molecular weight is 275 g/mol. The third kappa shape index (κ3) is 3.48. The third-order valence-corrected chi connectivity index (χ3v) is 2.92. The fourth-order valence-corrected chi connectivity index (χ4v) is 2.00. The molecule has 20 heavy (non-hydrogen) atoms. The summed E-state index contributed by atoms with van der Waals surface area (Å²) in [7, 11) is 3.48. The molecule has 0 heterocycles. The highest BCUT2D eigenvalue weighted by Crippen LogP contribution is 2.31. The van der Waals surface area contributed by atoms with E-state index >= 15 is 0 Å². The SMILES string of the molecule is CNCc1cccc(OC)c1OCc1cccc(F)c1. The maximum absolute atomic E-state index is 13.1. The van der Waals surface area contributed by atoms with Gasteiger partial charge in [-0.05, 0) is 30.8 Å². The summed E-state index contributed by atoms with van der Waals surface area (Å²) in [4.78, 5) is 0. The van der Waals surface area contributed by atoms with E-state index in [2.05, 4.69) is 5.32 Å². The largest absolute Gasteiger partial charge is 0.493 e. The summed E-state index contributed by atoms with van der Waals surface area (Å²) in [5.74, 6) is 1.10. The predicted molar refractivity (Wildman–Crippen MR) is 76.5 cm³/mol. The van der Waals surface area contributed by atoms with Gasteiger partial charge in [-0.3, -0.25) is 0 Å². The van der Waals surface area contributed by atoms with Crippen LogP contribution in [0.2, 0.25) is 0 Å². The van der Waals surface area contributed by atoms with Crippen molar-refractivity contribution in [2.24, 2.45) is 0 Å². The standard InChI is InChI=1S/C16H18FNO2/c1-18-10-13-6-4-8-15(19-2)16(13)20-11-12-5-3-7-14(17)9-12/h3-9,18H,10-11H2,1-2H3. The van der Waals surface area contributed by atoms with E-state index in [0.717, 1.165) is 11.1 Å². The van der Waals surface area contributed by atoms with E-state index in [9.17, 15) is 4.39 Å². The van der Waals surface area contributed by atoms with Crippen LogP contribution in [0.4, 0.5) is 4.39 Å². The van der Waals surface area contributed by atoms with Crippen LogP contribution < -0.4 is 14.8 Å². The van der Waals surface area contributed by atoms with Crippen molar-refractivity contribution in [2.75, 3.05) is 14.2 Å². The molecule has 0 fully saturated rings. The van der Waals surface area contributed by atoms with Crippen LogP contribution in [0.5, 0.6) is 11.5 Å². The maximum atomic E-state index is 13.1. The molecule has 2 aromatic rings. The van der Waals surface area contributed by atoms with Crippen LogP contribution >= 0.6 is 0 Å². The van der Waals surface area contributed by atoms with Crippen LogP contribution in [0.25, 0.3) is 0 Å². The molecule has 0 aliphatic carbocycles. The fourth-order valence-electron chi connectivity index (χ4n) is 2.00. The van der Waals surface area contributed by atoms with Crippen molar-refractivity contribution in [2.45, 2.75) is 13.2 Å². The Hall–Kier alpha value is -2.07. The van der Waals surface area contributed by atoms with Gasteiger partial charge in [-0.25, -0.2) is 4.39 Å².